The summed E-state index contributed by atoms with van der Waals surface area (Å²) in [5.74, 6) is -0.658. The predicted octanol–water partition coefficient (Wildman–Crippen LogP) is 2.78. The molecule has 5 nitrogen and oxygen atoms in total. The number of hydrogen-bond donors (Lipinski definition) is 1. The minimum absolute atomic E-state index is 0.0684. The maximum Gasteiger partial charge on any atom is 0.305 e. The Hall–Kier alpha value is -2.17. The highest BCUT2D eigenvalue weighted by molar-refractivity contribution is 5.98. The van der Waals surface area contributed by atoms with Gasteiger partial charge >= 0.3 is 5.97 Å². The molecule has 0 aliphatic heterocycles. The van der Waals surface area contributed by atoms with Crippen LogP contribution in [0.25, 0.3) is 0 Å². The maximum absolute atomic E-state index is 12.1. The third-order valence-electron chi connectivity index (χ3n) is 3.57. The van der Waals surface area contributed by atoms with Gasteiger partial charge in [-0.25, -0.2) is 0 Å². The quantitative estimate of drug-likeness (QED) is 0.710. The van der Waals surface area contributed by atoms with Crippen molar-refractivity contribution in [1.82, 2.24) is 4.90 Å². The molecule has 126 valence electrons. The average molecular weight is 319 g/mol. The number of carboxylic acids is 1. The van der Waals surface area contributed by atoms with Gasteiger partial charge in [-0.15, -0.1) is 0 Å². The molecule has 0 aromatic heterocycles. The van der Waals surface area contributed by atoms with Crippen LogP contribution in [0.1, 0.15) is 49.0 Å². The summed E-state index contributed by atoms with van der Waals surface area (Å²) < 4.78 is 0. The third kappa shape index (κ3) is 7.08. The van der Waals surface area contributed by atoms with Crippen LogP contribution >= 0.6 is 0 Å². The van der Waals surface area contributed by atoms with Gasteiger partial charge in [-0.1, -0.05) is 38.1 Å². The van der Waals surface area contributed by atoms with Gasteiger partial charge in [-0.2, -0.15) is 0 Å². The molecule has 1 rings (SSSR count). The first-order chi connectivity index (χ1) is 10.8. The van der Waals surface area contributed by atoms with Crippen molar-refractivity contribution < 1.29 is 19.5 Å². The van der Waals surface area contributed by atoms with E-state index in [2.05, 4.69) is 13.8 Å². The fourth-order valence-electron chi connectivity index (χ4n) is 2.24. The molecule has 0 bridgehead atoms. The number of Topliss-reactive ketones (excluding diaryl/α,β-unsaturated/α-hetero) is 1. The highest BCUT2D eigenvalue weighted by Crippen LogP contribution is 2.12. The lowest BCUT2D eigenvalue weighted by Gasteiger charge is -2.15. The largest absolute Gasteiger partial charge is 0.481 e. The Kier molecular flexibility index (Phi) is 7.45. The number of carbonyl (C=O) groups is 3. The molecule has 0 fully saturated rings. The molecule has 0 saturated carbocycles. The molecule has 0 unspecified atom stereocenters. The van der Waals surface area contributed by atoms with Gasteiger partial charge in [0.2, 0.25) is 5.91 Å². The van der Waals surface area contributed by atoms with Crippen LogP contribution in [0.5, 0.6) is 0 Å². The van der Waals surface area contributed by atoms with E-state index in [1.807, 2.05) is 12.1 Å². The molecule has 0 aliphatic rings. The lowest BCUT2D eigenvalue weighted by molar-refractivity contribution is -0.138. The van der Waals surface area contributed by atoms with Crippen LogP contribution in [-0.4, -0.2) is 41.3 Å². The standard InChI is InChI=1S/C18H25NO4/c1-13(2)12-14-4-6-15(7-5-14)16(20)8-9-17(21)19(3)11-10-18(22)23/h4-7,13H,8-12H2,1-3H3,(H,22,23). The molecule has 0 radical (unpaired) electrons. The average Bonchev–Trinajstić information content (AvgIpc) is 2.49. The number of carbonyl (C=O) groups excluding carboxylic acids is 2. The Balaban J connectivity index is 2.46. The van der Waals surface area contributed by atoms with Gasteiger partial charge in [0, 0.05) is 32.0 Å². The minimum Gasteiger partial charge on any atom is -0.481 e. The predicted molar refractivity (Wildman–Crippen MR) is 88.4 cm³/mol. The Morgan fingerprint density at radius 2 is 1.65 bits per heavy atom. The van der Waals surface area contributed by atoms with E-state index in [0.29, 0.717) is 11.5 Å². The molecule has 5 heteroatoms. The van der Waals surface area contributed by atoms with E-state index in [4.69, 9.17) is 5.11 Å². The fourth-order valence-corrected chi connectivity index (χ4v) is 2.24. The van der Waals surface area contributed by atoms with E-state index < -0.39 is 5.97 Å². The van der Waals surface area contributed by atoms with Crippen LogP contribution in [0.4, 0.5) is 0 Å². The van der Waals surface area contributed by atoms with Crippen LogP contribution in [0.2, 0.25) is 0 Å². The monoisotopic (exact) mass is 319 g/mol. The molecule has 0 atom stereocenters. The van der Waals surface area contributed by atoms with Crippen LogP contribution < -0.4 is 0 Å². The number of aliphatic carboxylic acids is 1. The van der Waals surface area contributed by atoms with Gasteiger partial charge in [0.25, 0.3) is 0 Å². The van der Waals surface area contributed by atoms with Gasteiger partial charge in [0.1, 0.15) is 0 Å². The summed E-state index contributed by atoms with van der Waals surface area (Å²) in [5, 5.41) is 8.60. The fraction of sp³-hybridized carbons (Fsp3) is 0.500. The van der Waals surface area contributed by atoms with Gasteiger partial charge in [-0.3, -0.25) is 14.4 Å². The first kappa shape index (κ1) is 18.9. The first-order valence-electron chi connectivity index (χ1n) is 7.87. The Bertz CT molecular complexity index is 549. The Morgan fingerprint density at radius 1 is 1.04 bits per heavy atom. The normalized spacial score (nSPS) is 10.6. The Labute approximate surface area is 137 Å². The van der Waals surface area contributed by atoms with Crippen molar-refractivity contribution in [3.63, 3.8) is 0 Å². The SMILES string of the molecule is CC(C)Cc1ccc(C(=O)CCC(=O)N(C)CCC(=O)O)cc1. The minimum atomic E-state index is -0.942. The molecule has 0 spiro atoms. The lowest BCUT2D eigenvalue weighted by Crippen LogP contribution is -2.29. The zero-order valence-corrected chi connectivity index (χ0v) is 14.0. The van der Waals surface area contributed by atoms with E-state index in [9.17, 15) is 14.4 Å². The van der Waals surface area contributed by atoms with Crippen LogP contribution in [0, 0.1) is 5.92 Å². The smallest absolute Gasteiger partial charge is 0.305 e. The topological polar surface area (TPSA) is 74.7 Å². The molecule has 0 aliphatic carbocycles. The number of nitrogens with zero attached hydrogens (tertiary/aromatic N) is 1. The third-order valence-corrected chi connectivity index (χ3v) is 3.57. The summed E-state index contributed by atoms with van der Waals surface area (Å²) in [6, 6.07) is 7.51. The number of hydrogen-bond acceptors (Lipinski definition) is 3. The molecule has 0 saturated heterocycles. The molecule has 1 N–H and O–H groups in total. The summed E-state index contributed by atoms with van der Waals surface area (Å²) in [6.45, 7) is 4.45. The zero-order chi connectivity index (χ0) is 17.4. The lowest BCUT2D eigenvalue weighted by atomic mass is 9.99. The van der Waals surface area contributed by atoms with Crippen molar-refractivity contribution in [2.24, 2.45) is 5.92 Å². The van der Waals surface area contributed by atoms with Gasteiger partial charge in [-0.05, 0) is 17.9 Å². The van der Waals surface area contributed by atoms with Crippen molar-refractivity contribution >= 4 is 17.7 Å². The first-order valence-corrected chi connectivity index (χ1v) is 7.87. The highest BCUT2D eigenvalue weighted by Gasteiger charge is 2.13. The molecule has 0 heterocycles. The van der Waals surface area contributed by atoms with E-state index in [1.54, 1.807) is 19.2 Å². The zero-order valence-electron chi connectivity index (χ0n) is 14.0. The van der Waals surface area contributed by atoms with Crippen molar-refractivity contribution in [2.75, 3.05) is 13.6 Å². The number of ketones is 1. The summed E-state index contributed by atoms with van der Waals surface area (Å²) >= 11 is 0. The van der Waals surface area contributed by atoms with Crippen molar-refractivity contribution in [1.29, 1.82) is 0 Å². The van der Waals surface area contributed by atoms with E-state index in [1.165, 1.54) is 10.5 Å². The number of carboxylic acid groups (broad SMARTS) is 1. The van der Waals surface area contributed by atoms with Gasteiger partial charge in [0.15, 0.2) is 5.78 Å². The Morgan fingerprint density at radius 3 is 2.17 bits per heavy atom. The second-order valence-corrected chi connectivity index (χ2v) is 6.18. The molecular weight excluding hydrogens is 294 g/mol. The molecular formula is C18H25NO4. The second-order valence-electron chi connectivity index (χ2n) is 6.18. The molecule has 1 aromatic rings. The maximum atomic E-state index is 12.1. The molecule has 1 aromatic carbocycles. The summed E-state index contributed by atoms with van der Waals surface area (Å²) in [6.07, 6.45) is 1.12. The second kappa shape index (κ2) is 9.08. The highest BCUT2D eigenvalue weighted by atomic mass is 16.4. The van der Waals surface area contributed by atoms with Crippen molar-refractivity contribution in [3.05, 3.63) is 35.4 Å². The number of amides is 1. The number of benzene rings is 1. The van der Waals surface area contributed by atoms with E-state index in [0.717, 1.165) is 6.42 Å². The van der Waals surface area contributed by atoms with Crippen LogP contribution in [-0.2, 0) is 16.0 Å². The summed E-state index contributed by atoms with van der Waals surface area (Å²) in [7, 11) is 1.55. The van der Waals surface area contributed by atoms with E-state index in [-0.39, 0.29) is 37.5 Å². The number of rotatable bonds is 9. The van der Waals surface area contributed by atoms with E-state index >= 15 is 0 Å². The van der Waals surface area contributed by atoms with Crippen LogP contribution in [0.15, 0.2) is 24.3 Å². The van der Waals surface area contributed by atoms with Gasteiger partial charge in [0.05, 0.1) is 6.42 Å². The van der Waals surface area contributed by atoms with Crippen LogP contribution in [0.3, 0.4) is 0 Å². The van der Waals surface area contributed by atoms with Crippen molar-refractivity contribution in [3.8, 4) is 0 Å². The summed E-state index contributed by atoms with van der Waals surface area (Å²) in [4.78, 5) is 35.8. The van der Waals surface area contributed by atoms with Gasteiger partial charge < -0.3 is 10.0 Å². The molecule has 1 amide bonds. The summed E-state index contributed by atoms with van der Waals surface area (Å²) in [5.41, 5.74) is 1.81. The molecule has 23 heavy (non-hydrogen) atoms. The van der Waals surface area contributed by atoms with Crippen molar-refractivity contribution in [2.45, 2.75) is 39.5 Å².